The van der Waals surface area contributed by atoms with Crippen molar-refractivity contribution in [2.24, 2.45) is 17.6 Å². The van der Waals surface area contributed by atoms with Crippen LogP contribution in [0.25, 0.3) is 0 Å². The molecule has 3 aliphatic heterocycles. The van der Waals surface area contributed by atoms with Crippen molar-refractivity contribution in [1.82, 2.24) is 14.9 Å². The predicted octanol–water partition coefficient (Wildman–Crippen LogP) is 3.27. The lowest BCUT2D eigenvalue weighted by Gasteiger charge is -2.41. The lowest BCUT2D eigenvalue weighted by Crippen LogP contribution is -2.57. The summed E-state index contributed by atoms with van der Waals surface area (Å²) in [5.74, 6) is -0.0205. The van der Waals surface area contributed by atoms with E-state index in [1.807, 2.05) is 0 Å². The van der Waals surface area contributed by atoms with E-state index in [0.29, 0.717) is 32.0 Å². The van der Waals surface area contributed by atoms with Crippen LogP contribution in [0.1, 0.15) is 83.1 Å². The maximum absolute atomic E-state index is 13.8. The summed E-state index contributed by atoms with van der Waals surface area (Å²) in [6.45, 7) is 6.00. The highest BCUT2D eigenvalue weighted by molar-refractivity contribution is 7.89. The van der Waals surface area contributed by atoms with Crippen molar-refractivity contribution in [2.75, 3.05) is 25.4 Å². The minimum Gasteiger partial charge on any atom is -0.376 e. The monoisotopic (exact) mass is 578 g/mol. The van der Waals surface area contributed by atoms with Crippen LogP contribution in [-0.2, 0) is 19.6 Å². The van der Waals surface area contributed by atoms with Crippen LogP contribution in [0.2, 0.25) is 0 Å². The Morgan fingerprint density at radius 1 is 1.18 bits per heavy atom. The van der Waals surface area contributed by atoms with Gasteiger partial charge in [0.1, 0.15) is 5.82 Å². The van der Waals surface area contributed by atoms with Gasteiger partial charge < -0.3 is 21.1 Å². The molecule has 8 nitrogen and oxygen atoms in total. The summed E-state index contributed by atoms with van der Waals surface area (Å²) in [7, 11) is -3.21. The van der Waals surface area contributed by atoms with E-state index in [1.54, 1.807) is 16.4 Å². The normalized spacial score (nSPS) is 34.9. The van der Waals surface area contributed by atoms with Gasteiger partial charge >= 0.3 is 0 Å². The first-order chi connectivity index (χ1) is 19.0. The number of nitrogens with two attached hydrogens (primary N) is 1. The van der Waals surface area contributed by atoms with E-state index >= 15 is 0 Å². The standard InChI is InChI=1S/C30H47FN4O4S/c1-30(2)17-22(14-15-39-30)27(21-8-11-23(31)12-9-21)28(32)29(36)34-26-7-3-5-20(26)10-13-25-18-33-24-6-4-16-40(37,38)35(25)19-24/h8-9,11-12,20,22,24-28,33H,3-7,10,13-19,32H2,1-2H3,(H,34,36)/t20-,22?,24?,25+,26+,27+,28+/m1/s1. The number of rotatable bonds is 8. The Kier molecular flexibility index (Phi) is 9.22. The Labute approximate surface area is 239 Å². The van der Waals surface area contributed by atoms with Crippen LogP contribution < -0.4 is 16.4 Å². The average molecular weight is 579 g/mol. The fourth-order valence-electron chi connectivity index (χ4n) is 7.71. The smallest absolute Gasteiger partial charge is 0.237 e. The van der Waals surface area contributed by atoms with Crippen LogP contribution in [-0.4, -0.2) is 73.8 Å². The molecule has 5 rings (SSSR count). The number of halogens is 1. The number of hydrogen-bond acceptors (Lipinski definition) is 6. The molecule has 1 aromatic carbocycles. The van der Waals surface area contributed by atoms with Gasteiger partial charge in [0.15, 0.2) is 0 Å². The molecule has 3 heterocycles. The molecule has 4 aliphatic rings. The van der Waals surface area contributed by atoms with Gasteiger partial charge in [0.2, 0.25) is 15.9 Å². The van der Waals surface area contributed by atoms with Crippen molar-refractivity contribution >= 4 is 15.9 Å². The molecule has 10 heteroatoms. The van der Waals surface area contributed by atoms with Crippen LogP contribution in [0.5, 0.6) is 0 Å². The van der Waals surface area contributed by atoms with Gasteiger partial charge in [0, 0.05) is 43.7 Å². The van der Waals surface area contributed by atoms with Crippen molar-refractivity contribution in [3.8, 4) is 0 Å². The third-order valence-corrected chi connectivity index (χ3v) is 11.8. The predicted molar refractivity (Wildman–Crippen MR) is 154 cm³/mol. The second-order valence-electron chi connectivity index (χ2n) is 13.1. The Morgan fingerprint density at radius 2 is 1.95 bits per heavy atom. The Morgan fingerprint density at radius 3 is 2.70 bits per heavy atom. The number of fused-ring (bicyclic) bond motifs is 2. The number of sulfonamides is 1. The Bertz CT molecular complexity index is 1130. The van der Waals surface area contributed by atoms with Crippen molar-refractivity contribution in [3.63, 3.8) is 0 Å². The molecule has 8 atom stereocenters. The van der Waals surface area contributed by atoms with Crippen molar-refractivity contribution in [2.45, 2.75) is 107 Å². The summed E-state index contributed by atoms with van der Waals surface area (Å²) in [5, 5.41) is 6.85. The average Bonchev–Trinajstić information content (AvgIpc) is 3.30. The molecule has 1 amide bonds. The molecule has 1 aliphatic carbocycles. The summed E-state index contributed by atoms with van der Waals surface area (Å²) in [6, 6.07) is 5.90. The third-order valence-electron chi connectivity index (χ3n) is 9.81. The summed E-state index contributed by atoms with van der Waals surface area (Å²) in [6.07, 6.45) is 7.82. The highest BCUT2D eigenvalue weighted by Crippen LogP contribution is 2.40. The summed E-state index contributed by atoms with van der Waals surface area (Å²) < 4.78 is 47.2. The molecular weight excluding hydrogens is 531 g/mol. The molecule has 4 fully saturated rings. The van der Waals surface area contributed by atoms with E-state index in [4.69, 9.17) is 10.5 Å². The van der Waals surface area contributed by atoms with Gasteiger partial charge in [0.25, 0.3) is 0 Å². The molecule has 0 spiro atoms. The number of benzene rings is 1. The van der Waals surface area contributed by atoms with E-state index in [0.717, 1.165) is 56.9 Å². The van der Waals surface area contributed by atoms with Gasteiger partial charge in [0.05, 0.1) is 17.4 Å². The molecule has 40 heavy (non-hydrogen) atoms. The highest BCUT2D eigenvalue weighted by atomic mass is 32.2. The highest BCUT2D eigenvalue weighted by Gasteiger charge is 2.41. The van der Waals surface area contributed by atoms with E-state index in [2.05, 4.69) is 24.5 Å². The van der Waals surface area contributed by atoms with Gasteiger partial charge in [-0.2, -0.15) is 4.31 Å². The lowest BCUT2D eigenvalue weighted by molar-refractivity contribution is -0.125. The lowest BCUT2D eigenvalue weighted by atomic mass is 9.73. The molecule has 3 unspecified atom stereocenters. The largest absolute Gasteiger partial charge is 0.376 e. The quantitative estimate of drug-likeness (QED) is 0.437. The maximum atomic E-state index is 13.8. The van der Waals surface area contributed by atoms with Crippen LogP contribution in [0.4, 0.5) is 4.39 Å². The van der Waals surface area contributed by atoms with Crippen LogP contribution >= 0.6 is 0 Å². The molecule has 1 aromatic rings. The Balaban J connectivity index is 1.24. The number of nitrogens with one attached hydrogen (secondary N) is 2. The van der Waals surface area contributed by atoms with E-state index in [9.17, 15) is 17.6 Å². The van der Waals surface area contributed by atoms with Gasteiger partial charge in [-0.1, -0.05) is 18.6 Å². The molecule has 2 bridgehead atoms. The fraction of sp³-hybridized carbons (Fsp3) is 0.767. The van der Waals surface area contributed by atoms with Crippen molar-refractivity contribution in [3.05, 3.63) is 35.6 Å². The zero-order valence-corrected chi connectivity index (χ0v) is 24.8. The number of piperazine rings is 1. The summed E-state index contributed by atoms with van der Waals surface area (Å²) in [4.78, 5) is 13.7. The molecule has 224 valence electrons. The minimum atomic E-state index is -3.21. The number of ether oxygens (including phenoxy) is 1. The topological polar surface area (TPSA) is 114 Å². The number of nitrogens with zero attached hydrogens (tertiary/aromatic N) is 1. The maximum Gasteiger partial charge on any atom is 0.237 e. The first kappa shape index (κ1) is 29.9. The first-order valence-corrected chi connectivity index (χ1v) is 16.8. The second-order valence-corrected chi connectivity index (χ2v) is 15.2. The zero-order valence-electron chi connectivity index (χ0n) is 24.0. The number of carbonyl (C=O) groups excluding carboxylic acids is 1. The van der Waals surface area contributed by atoms with Crippen LogP contribution in [0.3, 0.4) is 0 Å². The van der Waals surface area contributed by atoms with Crippen molar-refractivity contribution in [1.29, 1.82) is 0 Å². The molecule has 0 radical (unpaired) electrons. The molecule has 4 N–H and O–H groups in total. The molecule has 0 aromatic heterocycles. The van der Waals surface area contributed by atoms with E-state index < -0.39 is 16.1 Å². The second kappa shape index (κ2) is 12.3. The van der Waals surface area contributed by atoms with E-state index in [1.165, 1.54) is 12.1 Å². The molecular formula is C30H47FN4O4S. The van der Waals surface area contributed by atoms with E-state index in [-0.39, 0.29) is 53.0 Å². The van der Waals surface area contributed by atoms with Crippen molar-refractivity contribution < 1.29 is 22.3 Å². The van der Waals surface area contributed by atoms with Gasteiger partial charge in [-0.05, 0) is 94.7 Å². The van der Waals surface area contributed by atoms with Crippen LogP contribution in [0.15, 0.2) is 24.3 Å². The summed E-state index contributed by atoms with van der Waals surface area (Å²) in [5.41, 5.74) is 7.32. The SMILES string of the molecule is CC1(C)CC([C@H](c2ccc(F)cc2)[C@H](N)C(=O)N[C@H]2CCC[C@@H]2CC[C@H]2CNC3CCCS(=O)(=O)N2C3)CCO1. The first-order valence-electron chi connectivity index (χ1n) is 15.2. The van der Waals surface area contributed by atoms with Gasteiger partial charge in [-0.25, -0.2) is 12.8 Å². The summed E-state index contributed by atoms with van der Waals surface area (Å²) >= 11 is 0. The zero-order chi connectivity index (χ0) is 28.5. The Hall–Kier alpha value is -1.59. The third kappa shape index (κ3) is 6.89. The molecule has 3 saturated heterocycles. The van der Waals surface area contributed by atoms with Gasteiger partial charge in [-0.15, -0.1) is 0 Å². The number of hydrogen-bond donors (Lipinski definition) is 3. The fourth-order valence-corrected chi connectivity index (χ4v) is 9.52. The van der Waals surface area contributed by atoms with Gasteiger partial charge in [-0.3, -0.25) is 4.79 Å². The number of amides is 1. The van der Waals surface area contributed by atoms with Crippen LogP contribution in [0, 0.1) is 17.7 Å². The number of carbonyl (C=O) groups is 1. The molecule has 1 saturated carbocycles. The minimum absolute atomic E-state index is 0.0294.